The predicted octanol–water partition coefficient (Wildman–Crippen LogP) is 3.47. The summed E-state index contributed by atoms with van der Waals surface area (Å²) in [5.74, 6) is 3.60. The van der Waals surface area contributed by atoms with Gasteiger partial charge in [0.2, 0.25) is 0 Å². The maximum absolute atomic E-state index is 10.1. The molecule has 0 aromatic rings. The molecule has 3 saturated carbocycles. The molecule has 3 rings (SSSR count). The van der Waals surface area contributed by atoms with E-state index >= 15 is 0 Å². The fourth-order valence-electron chi connectivity index (χ4n) is 5.83. The molecule has 0 aromatic heterocycles. The van der Waals surface area contributed by atoms with Crippen molar-refractivity contribution in [1.29, 1.82) is 0 Å². The Hall–Kier alpha value is -0.0400. The molecule has 6 unspecified atom stereocenters. The summed E-state index contributed by atoms with van der Waals surface area (Å²) < 4.78 is 0. The summed E-state index contributed by atoms with van der Waals surface area (Å²) in [4.78, 5) is 0. The summed E-state index contributed by atoms with van der Waals surface area (Å²) >= 11 is 0. The van der Waals surface area contributed by atoms with Crippen LogP contribution in [0.25, 0.3) is 0 Å². The number of hydrogen-bond donors (Lipinski definition) is 1. The average Bonchev–Trinajstić information content (AvgIpc) is 2.43. The normalized spacial score (nSPS) is 58.9. The van der Waals surface area contributed by atoms with E-state index in [1.165, 1.54) is 12.8 Å². The van der Waals surface area contributed by atoms with Gasteiger partial charge < -0.3 is 5.11 Å². The third-order valence-electron chi connectivity index (χ3n) is 6.46. The molecule has 1 N–H and O–H groups in total. The Labute approximate surface area is 99.6 Å². The van der Waals surface area contributed by atoms with Crippen molar-refractivity contribution in [3.63, 3.8) is 0 Å². The second-order valence-electron chi connectivity index (χ2n) is 7.96. The van der Waals surface area contributed by atoms with E-state index in [1.54, 1.807) is 0 Å². The molecular weight excluding hydrogens is 196 g/mol. The zero-order valence-corrected chi connectivity index (χ0v) is 11.4. The molecular formula is C15H26O. The Morgan fingerprint density at radius 2 is 1.88 bits per heavy atom. The van der Waals surface area contributed by atoms with Crippen molar-refractivity contribution >= 4 is 0 Å². The zero-order chi connectivity index (χ0) is 11.9. The molecule has 92 valence electrons. The van der Waals surface area contributed by atoms with E-state index in [9.17, 15) is 5.11 Å². The van der Waals surface area contributed by atoms with Gasteiger partial charge in [0.25, 0.3) is 0 Å². The number of hydrogen-bond acceptors (Lipinski definition) is 1. The van der Waals surface area contributed by atoms with Crippen LogP contribution in [0.15, 0.2) is 0 Å². The first-order chi connectivity index (χ1) is 7.21. The number of fused-ring (bicyclic) bond motifs is 1. The topological polar surface area (TPSA) is 20.2 Å². The molecule has 2 bridgehead atoms. The highest BCUT2D eigenvalue weighted by Gasteiger charge is 2.79. The Balaban J connectivity index is 1.86. The van der Waals surface area contributed by atoms with Crippen molar-refractivity contribution in [3.05, 3.63) is 0 Å². The van der Waals surface area contributed by atoms with Gasteiger partial charge in [0.05, 0.1) is 5.60 Å². The SMILES string of the molecule is CC1C2C(C)C23CC1(C)CC3CC(C)(C)O. The summed E-state index contributed by atoms with van der Waals surface area (Å²) in [5, 5.41) is 10.1. The molecule has 16 heavy (non-hydrogen) atoms. The third-order valence-corrected chi connectivity index (χ3v) is 6.46. The largest absolute Gasteiger partial charge is 0.390 e. The first-order valence-corrected chi connectivity index (χ1v) is 6.93. The van der Waals surface area contributed by atoms with Crippen molar-refractivity contribution < 1.29 is 5.11 Å². The minimum absolute atomic E-state index is 0.476. The van der Waals surface area contributed by atoms with Crippen molar-refractivity contribution in [3.8, 4) is 0 Å². The van der Waals surface area contributed by atoms with Gasteiger partial charge in [0, 0.05) is 0 Å². The molecule has 0 amide bonds. The van der Waals surface area contributed by atoms with E-state index in [1.807, 2.05) is 13.8 Å². The minimum Gasteiger partial charge on any atom is -0.390 e. The maximum Gasteiger partial charge on any atom is 0.0594 e. The lowest BCUT2D eigenvalue weighted by Crippen LogP contribution is -2.30. The van der Waals surface area contributed by atoms with Gasteiger partial charge >= 0.3 is 0 Å². The minimum atomic E-state index is -0.476. The molecule has 3 aliphatic rings. The van der Waals surface area contributed by atoms with Crippen LogP contribution in [0, 0.1) is 34.5 Å². The predicted molar refractivity (Wildman–Crippen MR) is 66.0 cm³/mol. The van der Waals surface area contributed by atoms with Crippen LogP contribution in [-0.2, 0) is 0 Å². The summed E-state index contributed by atoms with van der Waals surface area (Å²) in [5.41, 5.74) is 0.748. The molecule has 0 aliphatic heterocycles. The van der Waals surface area contributed by atoms with Gasteiger partial charge in [-0.1, -0.05) is 20.8 Å². The molecule has 1 nitrogen and oxygen atoms in total. The Bertz CT molecular complexity index is 329. The first kappa shape index (κ1) is 11.1. The van der Waals surface area contributed by atoms with E-state index < -0.39 is 5.60 Å². The third kappa shape index (κ3) is 1.11. The Kier molecular flexibility index (Phi) is 1.86. The highest BCUT2D eigenvalue weighted by Crippen LogP contribution is 2.85. The Morgan fingerprint density at radius 3 is 2.38 bits per heavy atom. The fourth-order valence-corrected chi connectivity index (χ4v) is 5.83. The van der Waals surface area contributed by atoms with Crippen LogP contribution >= 0.6 is 0 Å². The van der Waals surface area contributed by atoms with Crippen LogP contribution in [0.5, 0.6) is 0 Å². The van der Waals surface area contributed by atoms with Gasteiger partial charge in [-0.3, -0.25) is 0 Å². The van der Waals surface area contributed by atoms with Gasteiger partial charge in [-0.15, -0.1) is 0 Å². The van der Waals surface area contributed by atoms with Crippen LogP contribution in [0.3, 0.4) is 0 Å². The first-order valence-electron chi connectivity index (χ1n) is 6.93. The molecule has 0 radical (unpaired) electrons. The lowest BCUT2D eigenvalue weighted by Gasteiger charge is -2.34. The van der Waals surface area contributed by atoms with Gasteiger partial charge in [-0.25, -0.2) is 0 Å². The molecule has 3 aliphatic carbocycles. The van der Waals surface area contributed by atoms with Crippen LogP contribution in [0.4, 0.5) is 0 Å². The van der Waals surface area contributed by atoms with E-state index in [-0.39, 0.29) is 0 Å². The van der Waals surface area contributed by atoms with Crippen LogP contribution in [0.2, 0.25) is 0 Å². The van der Waals surface area contributed by atoms with Gasteiger partial charge in [0.1, 0.15) is 0 Å². The van der Waals surface area contributed by atoms with E-state index in [4.69, 9.17) is 0 Å². The monoisotopic (exact) mass is 222 g/mol. The number of aliphatic hydroxyl groups is 1. The fraction of sp³-hybridized carbons (Fsp3) is 1.00. The lowest BCUT2D eigenvalue weighted by atomic mass is 9.72. The maximum atomic E-state index is 10.1. The summed E-state index contributed by atoms with van der Waals surface area (Å²) in [7, 11) is 0. The Morgan fingerprint density at radius 1 is 1.25 bits per heavy atom. The van der Waals surface area contributed by atoms with Crippen LogP contribution in [-0.4, -0.2) is 10.7 Å². The smallest absolute Gasteiger partial charge is 0.0594 e. The van der Waals surface area contributed by atoms with E-state index in [0.717, 1.165) is 30.1 Å². The molecule has 0 aromatic carbocycles. The van der Waals surface area contributed by atoms with Crippen molar-refractivity contribution in [1.82, 2.24) is 0 Å². The second-order valence-corrected chi connectivity index (χ2v) is 7.96. The van der Waals surface area contributed by atoms with Gasteiger partial charge in [-0.2, -0.15) is 0 Å². The molecule has 1 heteroatoms. The quantitative estimate of drug-likeness (QED) is 0.758. The van der Waals surface area contributed by atoms with E-state index in [0.29, 0.717) is 10.8 Å². The van der Waals surface area contributed by atoms with Gasteiger partial charge in [-0.05, 0) is 67.6 Å². The number of rotatable bonds is 2. The standard InChI is InChI=1S/C15H26O/c1-9-12-10(2)15(12)8-14(9,5)7-11(15)6-13(3,4)16/h9-12,16H,6-8H2,1-5H3. The van der Waals surface area contributed by atoms with Crippen molar-refractivity contribution in [2.24, 2.45) is 34.5 Å². The average molecular weight is 222 g/mol. The molecule has 0 saturated heterocycles. The van der Waals surface area contributed by atoms with Crippen molar-refractivity contribution in [2.75, 3.05) is 0 Å². The molecule has 1 spiro atoms. The van der Waals surface area contributed by atoms with Crippen LogP contribution in [0.1, 0.15) is 53.9 Å². The summed E-state index contributed by atoms with van der Waals surface area (Å²) in [6.07, 6.45) is 3.81. The molecule has 0 heterocycles. The second kappa shape index (κ2) is 2.68. The van der Waals surface area contributed by atoms with Crippen LogP contribution < -0.4 is 0 Å². The van der Waals surface area contributed by atoms with Crippen molar-refractivity contribution in [2.45, 2.75) is 59.5 Å². The van der Waals surface area contributed by atoms with E-state index in [2.05, 4.69) is 20.8 Å². The highest BCUT2D eigenvalue weighted by atomic mass is 16.3. The van der Waals surface area contributed by atoms with Gasteiger partial charge in [0.15, 0.2) is 0 Å². The lowest BCUT2D eigenvalue weighted by molar-refractivity contribution is 0.0318. The highest BCUT2D eigenvalue weighted by molar-refractivity contribution is 5.27. The molecule has 6 atom stereocenters. The summed E-state index contributed by atoms with van der Waals surface area (Å²) in [6, 6.07) is 0. The summed E-state index contributed by atoms with van der Waals surface area (Å²) in [6.45, 7) is 11.4. The molecule has 3 fully saturated rings. The zero-order valence-electron chi connectivity index (χ0n) is 11.4.